The lowest BCUT2D eigenvalue weighted by atomic mass is 10.1. The number of benzene rings is 2. The molecule has 2 aromatic carbocycles. The zero-order valence-corrected chi connectivity index (χ0v) is 21.4. The van der Waals surface area contributed by atoms with E-state index in [2.05, 4.69) is 10.1 Å². The smallest absolute Gasteiger partial charge is 0.332 e. The monoisotopic (exact) mass is 519 g/mol. The lowest BCUT2D eigenvalue weighted by Crippen LogP contribution is -2.41. The van der Waals surface area contributed by atoms with Crippen LogP contribution < -0.4 is 16.0 Å². The van der Waals surface area contributed by atoms with Gasteiger partial charge in [-0.05, 0) is 66.9 Å². The van der Waals surface area contributed by atoms with Crippen molar-refractivity contribution in [3.63, 3.8) is 0 Å². The molecule has 0 amide bonds. The van der Waals surface area contributed by atoms with Gasteiger partial charge >= 0.3 is 5.69 Å². The number of hydrogen-bond acceptors (Lipinski definition) is 7. The summed E-state index contributed by atoms with van der Waals surface area (Å²) in [5.41, 5.74) is 2.45. The first kappa shape index (κ1) is 24.7. The van der Waals surface area contributed by atoms with Crippen LogP contribution in [-0.4, -0.2) is 25.0 Å². The molecule has 0 radical (unpaired) electrons. The van der Waals surface area contributed by atoms with Gasteiger partial charge in [0.15, 0.2) is 6.61 Å². The highest BCUT2D eigenvalue weighted by Crippen LogP contribution is 2.27. The van der Waals surface area contributed by atoms with Crippen molar-refractivity contribution < 1.29 is 9.26 Å². The minimum Gasteiger partial charge on any atom is -0.484 e. The molecule has 0 N–H and O–H groups in total. The summed E-state index contributed by atoms with van der Waals surface area (Å²) in [5.74, 6) is 1.91. The minimum absolute atomic E-state index is 0.118. The number of aliphatic imine (C=N–C) groups is 1. The van der Waals surface area contributed by atoms with Crippen LogP contribution in [-0.2, 0) is 26.1 Å². The standard InChI is InChI=1S/C27H26ClN5O4/c1-3-13-32-25-21(26(34)33(14-4-2)27(32)35)15-22(29-25)17-7-11-20(12-8-17)36-16-23-30-24(31-37-23)18-5-9-19(28)10-6-18/h5-12H,3-4,13-16H2,1-2H3. The van der Waals surface area contributed by atoms with E-state index in [0.717, 1.165) is 23.3 Å². The lowest BCUT2D eigenvalue weighted by molar-refractivity contribution is 0.243. The first-order valence-electron chi connectivity index (χ1n) is 12.2. The van der Waals surface area contributed by atoms with E-state index >= 15 is 0 Å². The molecule has 10 heteroatoms. The molecule has 0 atom stereocenters. The topological polar surface area (TPSA) is 105 Å². The highest BCUT2D eigenvalue weighted by molar-refractivity contribution is 6.30. The summed E-state index contributed by atoms with van der Waals surface area (Å²) in [5, 5.41) is 4.62. The van der Waals surface area contributed by atoms with Gasteiger partial charge in [-0.25, -0.2) is 9.79 Å². The fourth-order valence-electron chi connectivity index (χ4n) is 4.29. The summed E-state index contributed by atoms with van der Waals surface area (Å²) < 4.78 is 14.1. The van der Waals surface area contributed by atoms with Crippen molar-refractivity contribution in [3.05, 3.63) is 91.4 Å². The zero-order valence-electron chi connectivity index (χ0n) is 20.6. The molecule has 5 rings (SSSR count). The van der Waals surface area contributed by atoms with Crippen LogP contribution in [0.15, 0.2) is 67.6 Å². The van der Waals surface area contributed by atoms with Crippen molar-refractivity contribution >= 4 is 23.1 Å². The number of ether oxygens (including phenoxy) is 1. The summed E-state index contributed by atoms with van der Waals surface area (Å²) in [4.78, 5) is 35.0. The molecule has 0 saturated carbocycles. The maximum Gasteiger partial charge on any atom is 0.332 e. The maximum atomic E-state index is 13.0. The summed E-state index contributed by atoms with van der Waals surface area (Å²) in [6.07, 6.45) is 1.87. The van der Waals surface area contributed by atoms with E-state index in [-0.39, 0.29) is 17.9 Å². The Labute approximate surface area is 218 Å². The second-order valence-corrected chi connectivity index (χ2v) is 9.20. The average Bonchev–Trinajstić information content (AvgIpc) is 3.57. The highest BCUT2D eigenvalue weighted by atomic mass is 35.5. The Hall–Kier alpha value is -3.98. The van der Waals surface area contributed by atoms with Crippen LogP contribution in [0, 0.1) is 0 Å². The molecule has 9 nitrogen and oxygen atoms in total. The molecule has 0 fully saturated rings. The van der Waals surface area contributed by atoms with Gasteiger partial charge in [0.05, 0.1) is 11.3 Å². The van der Waals surface area contributed by atoms with E-state index in [1.54, 1.807) is 16.7 Å². The van der Waals surface area contributed by atoms with E-state index < -0.39 is 0 Å². The maximum absolute atomic E-state index is 13.0. The van der Waals surface area contributed by atoms with Gasteiger partial charge in [-0.15, -0.1) is 0 Å². The Kier molecular flexibility index (Phi) is 7.05. The van der Waals surface area contributed by atoms with E-state index in [0.29, 0.717) is 59.8 Å². The molecule has 0 aliphatic carbocycles. The molecule has 2 aromatic heterocycles. The second-order valence-electron chi connectivity index (χ2n) is 8.76. The van der Waals surface area contributed by atoms with Gasteiger partial charge in [-0.2, -0.15) is 4.98 Å². The largest absolute Gasteiger partial charge is 0.484 e. The summed E-state index contributed by atoms with van der Waals surface area (Å²) in [6, 6.07) is 14.6. The van der Waals surface area contributed by atoms with Crippen LogP contribution in [0.25, 0.3) is 11.4 Å². The third kappa shape index (κ3) is 4.99. The Bertz CT molecular complexity index is 1570. The van der Waals surface area contributed by atoms with Gasteiger partial charge < -0.3 is 9.26 Å². The number of nitrogens with zero attached hydrogens (tertiary/aromatic N) is 5. The number of fused-ring (bicyclic) bond motifs is 1. The van der Waals surface area contributed by atoms with E-state index in [9.17, 15) is 9.59 Å². The van der Waals surface area contributed by atoms with Crippen LogP contribution in [0.1, 0.15) is 43.7 Å². The Morgan fingerprint density at radius 2 is 1.62 bits per heavy atom. The van der Waals surface area contributed by atoms with Crippen LogP contribution in [0.4, 0.5) is 5.82 Å². The lowest BCUT2D eigenvalue weighted by Gasteiger charge is -2.12. The van der Waals surface area contributed by atoms with Gasteiger partial charge in [0.25, 0.3) is 11.4 Å². The number of hydrogen-bond donors (Lipinski definition) is 0. The van der Waals surface area contributed by atoms with Crippen LogP contribution >= 0.6 is 11.6 Å². The molecule has 0 saturated heterocycles. The average molecular weight is 520 g/mol. The fourth-order valence-corrected chi connectivity index (χ4v) is 4.42. The summed E-state index contributed by atoms with van der Waals surface area (Å²) >= 11 is 5.93. The highest BCUT2D eigenvalue weighted by Gasteiger charge is 2.25. The summed E-state index contributed by atoms with van der Waals surface area (Å²) in [6.45, 7) is 4.99. The molecule has 4 aromatic rings. The van der Waals surface area contributed by atoms with E-state index in [1.165, 1.54) is 4.57 Å². The van der Waals surface area contributed by atoms with Gasteiger partial charge in [0, 0.05) is 30.1 Å². The van der Waals surface area contributed by atoms with Crippen molar-refractivity contribution in [2.75, 3.05) is 0 Å². The van der Waals surface area contributed by atoms with E-state index in [1.807, 2.05) is 50.2 Å². The molecular formula is C27H26ClN5O4. The number of halogens is 1. The first-order valence-corrected chi connectivity index (χ1v) is 12.6. The van der Waals surface area contributed by atoms with Crippen LogP contribution in [0.2, 0.25) is 5.02 Å². The summed E-state index contributed by atoms with van der Waals surface area (Å²) in [7, 11) is 0. The Balaban J connectivity index is 1.30. The number of rotatable bonds is 9. The predicted molar refractivity (Wildman–Crippen MR) is 141 cm³/mol. The Morgan fingerprint density at radius 3 is 2.32 bits per heavy atom. The number of aromatic nitrogens is 4. The molecule has 37 heavy (non-hydrogen) atoms. The van der Waals surface area contributed by atoms with Gasteiger partial charge in [0.2, 0.25) is 5.82 Å². The van der Waals surface area contributed by atoms with Crippen molar-refractivity contribution in [1.82, 2.24) is 19.3 Å². The molecular weight excluding hydrogens is 494 g/mol. The minimum atomic E-state index is -0.290. The molecule has 0 bridgehead atoms. The molecule has 1 aliphatic rings. The fraction of sp³-hybridized carbons (Fsp3) is 0.296. The molecule has 0 unspecified atom stereocenters. The van der Waals surface area contributed by atoms with Gasteiger partial charge in [-0.3, -0.25) is 13.9 Å². The third-order valence-electron chi connectivity index (χ3n) is 6.09. The molecule has 1 aliphatic heterocycles. The normalized spacial score (nSPS) is 12.5. The van der Waals surface area contributed by atoms with Crippen LogP contribution in [0.5, 0.6) is 5.75 Å². The van der Waals surface area contributed by atoms with Crippen molar-refractivity contribution in [2.24, 2.45) is 4.99 Å². The van der Waals surface area contributed by atoms with Gasteiger partial charge in [-0.1, -0.05) is 30.6 Å². The molecule has 0 spiro atoms. The quantitative estimate of drug-likeness (QED) is 0.315. The first-order chi connectivity index (χ1) is 18.0. The molecule has 3 heterocycles. The zero-order chi connectivity index (χ0) is 25.9. The molecule has 190 valence electrons. The third-order valence-corrected chi connectivity index (χ3v) is 6.34. The SMILES string of the molecule is CCCn1c2c(c(=O)n(CCC)c1=O)CC(c1ccc(OCc3nc(-c4ccc(Cl)cc4)no3)cc1)=N2. The van der Waals surface area contributed by atoms with Crippen molar-refractivity contribution in [3.8, 4) is 17.1 Å². The van der Waals surface area contributed by atoms with Crippen molar-refractivity contribution in [1.29, 1.82) is 0 Å². The van der Waals surface area contributed by atoms with Gasteiger partial charge in [0.1, 0.15) is 11.6 Å². The predicted octanol–water partition coefficient (Wildman–Crippen LogP) is 4.79. The Morgan fingerprint density at radius 1 is 0.946 bits per heavy atom. The van der Waals surface area contributed by atoms with Crippen molar-refractivity contribution in [2.45, 2.75) is 52.8 Å². The van der Waals surface area contributed by atoms with Crippen LogP contribution in [0.3, 0.4) is 0 Å². The van der Waals surface area contributed by atoms with E-state index in [4.69, 9.17) is 25.9 Å². The second kappa shape index (κ2) is 10.6.